The molecular formula is C27H33ClN2O5. The molecule has 188 valence electrons. The lowest BCUT2D eigenvalue weighted by Gasteiger charge is -2.64. The fourth-order valence-corrected chi connectivity index (χ4v) is 7.60. The number of hydrogen-bond donors (Lipinski definition) is 3. The molecule has 1 spiro atoms. The van der Waals surface area contributed by atoms with Crippen molar-refractivity contribution in [3.63, 3.8) is 0 Å². The SMILES string of the molecule is Cl.O=C(CCc1ccoc1)N[C@@H]1CC[C@@]2(O)[C@H]3Cc4ccc(O)c5c4[C@@]2(CCN3CC2CC2)[C@H]1O5. The summed E-state index contributed by atoms with van der Waals surface area (Å²) in [5.74, 6) is 1.40. The average molecular weight is 501 g/mol. The van der Waals surface area contributed by atoms with Gasteiger partial charge in [0.1, 0.15) is 6.10 Å². The molecule has 1 amide bonds. The summed E-state index contributed by atoms with van der Waals surface area (Å²) in [7, 11) is 0. The summed E-state index contributed by atoms with van der Waals surface area (Å²) in [6.45, 7) is 1.97. The number of halogens is 1. The molecule has 3 aliphatic carbocycles. The van der Waals surface area contributed by atoms with E-state index >= 15 is 0 Å². The number of hydrogen-bond acceptors (Lipinski definition) is 6. The fraction of sp³-hybridized carbons (Fsp3) is 0.593. The van der Waals surface area contributed by atoms with Gasteiger partial charge in [-0.25, -0.2) is 0 Å². The first kappa shape index (κ1) is 23.2. The quantitative estimate of drug-likeness (QED) is 0.564. The van der Waals surface area contributed by atoms with Crippen molar-refractivity contribution >= 4 is 18.3 Å². The number of benzene rings is 1. The molecule has 35 heavy (non-hydrogen) atoms. The number of rotatable bonds is 6. The molecule has 5 atom stereocenters. The van der Waals surface area contributed by atoms with Crippen LogP contribution in [0.5, 0.6) is 11.5 Å². The third-order valence-corrected chi connectivity index (χ3v) is 9.33. The van der Waals surface area contributed by atoms with Crippen molar-refractivity contribution in [3.05, 3.63) is 47.4 Å². The third kappa shape index (κ3) is 3.27. The van der Waals surface area contributed by atoms with Crippen LogP contribution in [-0.2, 0) is 23.1 Å². The smallest absolute Gasteiger partial charge is 0.220 e. The van der Waals surface area contributed by atoms with Crippen LogP contribution in [0, 0.1) is 5.92 Å². The second-order valence-electron chi connectivity index (χ2n) is 11.1. The summed E-state index contributed by atoms with van der Waals surface area (Å²) >= 11 is 0. The Hall–Kier alpha value is -2.22. The van der Waals surface area contributed by atoms with Gasteiger partial charge >= 0.3 is 0 Å². The highest BCUT2D eigenvalue weighted by Gasteiger charge is 2.73. The lowest BCUT2D eigenvalue weighted by Crippen LogP contribution is -2.78. The number of phenols is 1. The summed E-state index contributed by atoms with van der Waals surface area (Å²) in [6.07, 6.45) is 9.35. The molecule has 1 saturated heterocycles. The fourth-order valence-electron chi connectivity index (χ4n) is 7.60. The second kappa shape index (κ2) is 8.15. The van der Waals surface area contributed by atoms with Gasteiger partial charge in [-0.2, -0.15) is 0 Å². The van der Waals surface area contributed by atoms with Crippen LogP contribution in [0.2, 0.25) is 0 Å². The molecule has 1 aromatic heterocycles. The third-order valence-electron chi connectivity index (χ3n) is 9.33. The Bertz CT molecular complexity index is 1130. The van der Waals surface area contributed by atoms with E-state index in [4.69, 9.17) is 9.15 Å². The zero-order valence-electron chi connectivity index (χ0n) is 19.7. The van der Waals surface area contributed by atoms with Crippen LogP contribution in [0.4, 0.5) is 0 Å². The Kier molecular flexibility index (Phi) is 5.40. The predicted molar refractivity (Wildman–Crippen MR) is 131 cm³/mol. The van der Waals surface area contributed by atoms with E-state index in [1.165, 1.54) is 18.4 Å². The van der Waals surface area contributed by atoms with Crippen molar-refractivity contribution < 1.29 is 24.2 Å². The lowest BCUT2D eigenvalue weighted by atomic mass is 9.48. The van der Waals surface area contributed by atoms with E-state index in [1.54, 1.807) is 18.6 Å². The number of likely N-dealkylation sites (tertiary alicyclic amines) is 1. The molecule has 2 aromatic rings. The van der Waals surface area contributed by atoms with Gasteiger partial charge in [-0.3, -0.25) is 9.69 Å². The number of phenolic OH excluding ortho intramolecular Hbond substituents is 1. The number of piperidine rings is 1. The Morgan fingerprint density at radius 3 is 2.83 bits per heavy atom. The van der Waals surface area contributed by atoms with E-state index in [-0.39, 0.29) is 42.3 Å². The number of carbonyl (C=O) groups excluding carboxylic acids is 1. The van der Waals surface area contributed by atoms with E-state index < -0.39 is 11.0 Å². The normalized spacial score (nSPS) is 34.5. The number of ether oxygens (including phenoxy) is 1. The van der Waals surface area contributed by atoms with Gasteiger partial charge in [0.25, 0.3) is 0 Å². The Labute approximate surface area is 211 Å². The Morgan fingerprint density at radius 1 is 1.20 bits per heavy atom. The minimum absolute atomic E-state index is 0. The number of aliphatic hydroxyl groups is 1. The summed E-state index contributed by atoms with van der Waals surface area (Å²) in [5.41, 5.74) is 1.66. The largest absolute Gasteiger partial charge is 0.504 e. The number of carbonyl (C=O) groups is 1. The molecule has 2 bridgehead atoms. The highest BCUT2D eigenvalue weighted by Crippen LogP contribution is 2.65. The van der Waals surface area contributed by atoms with Crippen molar-refractivity contribution in [3.8, 4) is 11.5 Å². The number of aryl methyl sites for hydroxylation is 1. The molecule has 3 N–H and O–H groups in total. The number of furan rings is 1. The zero-order chi connectivity index (χ0) is 23.1. The molecule has 1 aromatic carbocycles. The molecule has 3 fully saturated rings. The summed E-state index contributed by atoms with van der Waals surface area (Å²) < 4.78 is 11.6. The molecule has 2 saturated carbocycles. The Morgan fingerprint density at radius 2 is 2.06 bits per heavy atom. The van der Waals surface area contributed by atoms with Gasteiger partial charge in [-0.1, -0.05) is 6.07 Å². The average Bonchev–Trinajstić information content (AvgIpc) is 3.33. The number of nitrogens with zero attached hydrogens (tertiary/aromatic N) is 1. The standard InChI is InChI=1S/C27H32N2O5.ClH/c30-20-5-4-18-13-21-27(32)9-7-19(28-22(31)6-3-17-8-12-33-15-17)25-26(27,23(18)24(20)34-25)10-11-29(21)14-16-1-2-16;/h4-5,8,12,15-16,19,21,25,30,32H,1-3,6-7,9-11,13-14H2,(H,28,31);1H/t19-,21-,25+,26+,27-;/m1./s1. The van der Waals surface area contributed by atoms with Gasteiger partial charge in [0.15, 0.2) is 11.5 Å². The molecule has 7 nitrogen and oxygen atoms in total. The van der Waals surface area contributed by atoms with Crippen molar-refractivity contribution in [1.82, 2.24) is 10.2 Å². The monoisotopic (exact) mass is 500 g/mol. The van der Waals surface area contributed by atoms with Crippen LogP contribution in [0.15, 0.2) is 35.1 Å². The predicted octanol–water partition coefficient (Wildman–Crippen LogP) is 3.09. The minimum Gasteiger partial charge on any atom is -0.504 e. The van der Waals surface area contributed by atoms with Crippen LogP contribution in [0.1, 0.15) is 55.2 Å². The van der Waals surface area contributed by atoms with Gasteiger partial charge < -0.3 is 24.7 Å². The van der Waals surface area contributed by atoms with Gasteiger partial charge in [-0.15, -0.1) is 12.4 Å². The highest BCUT2D eigenvalue weighted by molar-refractivity contribution is 5.85. The maximum Gasteiger partial charge on any atom is 0.220 e. The number of aromatic hydroxyl groups is 1. The molecule has 7 rings (SSSR count). The Balaban J connectivity index is 0.00000229. The van der Waals surface area contributed by atoms with E-state index in [0.717, 1.165) is 43.0 Å². The van der Waals surface area contributed by atoms with Crippen molar-refractivity contribution in [2.75, 3.05) is 13.1 Å². The molecule has 8 heteroatoms. The van der Waals surface area contributed by atoms with Crippen LogP contribution >= 0.6 is 12.4 Å². The van der Waals surface area contributed by atoms with Crippen LogP contribution in [-0.4, -0.2) is 57.9 Å². The molecular weight excluding hydrogens is 468 g/mol. The highest BCUT2D eigenvalue weighted by atomic mass is 35.5. The van der Waals surface area contributed by atoms with Gasteiger partial charge in [-0.05, 0) is 80.7 Å². The maximum absolute atomic E-state index is 12.9. The maximum atomic E-state index is 12.9. The van der Waals surface area contributed by atoms with Gasteiger partial charge in [0.2, 0.25) is 5.91 Å². The molecule has 2 aliphatic heterocycles. The van der Waals surface area contributed by atoms with Crippen LogP contribution in [0.25, 0.3) is 0 Å². The summed E-state index contributed by atoms with van der Waals surface area (Å²) in [6, 6.07) is 5.47. The van der Waals surface area contributed by atoms with Crippen molar-refractivity contribution in [1.29, 1.82) is 0 Å². The number of amides is 1. The summed E-state index contributed by atoms with van der Waals surface area (Å²) in [4.78, 5) is 15.4. The van der Waals surface area contributed by atoms with E-state index in [9.17, 15) is 15.0 Å². The summed E-state index contributed by atoms with van der Waals surface area (Å²) in [5, 5.41) is 26.4. The molecule has 3 heterocycles. The van der Waals surface area contributed by atoms with E-state index in [0.29, 0.717) is 31.4 Å². The van der Waals surface area contributed by atoms with Crippen molar-refractivity contribution in [2.24, 2.45) is 5.92 Å². The topological polar surface area (TPSA) is 95.2 Å². The van der Waals surface area contributed by atoms with Crippen molar-refractivity contribution in [2.45, 2.75) is 80.6 Å². The first-order chi connectivity index (χ1) is 16.5. The van der Waals surface area contributed by atoms with Crippen LogP contribution in [0.3, 0.4) is 0 Å². The minimum atomic E-state index is -0.922. The molecule has 5 aliphatic rings. The zero-order valence-corrected chi connectivity index (χ0v) is 20.6. The first-order valence-corrected chi connectivity index (χ1v) is 12.8. The van der Waals surface area contributed by atoms with Gasteiger partial charge in [0.05, 0.1) is 29.6 Å². The molecule has 0 radical (unpaired) electrons. The second-order valence-corrected chi connectivity index (χ2v) is 11.1. The van der Waals surface area contributed by atoms with E-state index in [2.05, 4.69) is 10.2 Å². The first-order valence-electron chi connectivity index (χ1n) is 12.8. The van der Waals surface area contributed by atoms with E-state index in [1.807, 2.05) is 12.1 Å². The molecule has 0 unspecified atom stereocenters. The lowest BCUT2D eigenvalue weighted by molar-refractivity contribution is -0.192. The van der Waals surface area contributed by atoms with Crippen LogP contribution < -0.4 is 10.1 Å². The number of nitrogens with one attached hydrogen (secondary N) is 1. The van der Waals surface area contributed by atoms with Gasteiger partial charge in [0, 0.05) is 24.6 Å².